The number of hydrogen-bond acceptors (Lipinski definition) is 5. The molecule has 1 aromatic rings. The molecular weight excluding hydrogens is 400 g/mol. The molecule has 0 fully saturated rings. The summed E-state index contributed by atoms with van der Waals surface area (Å²) in [7, 11) is -3.42. The topological polar surface area (TPSA) is 73.0 Å². The van der Waals surface area contributed by atoms with Gasteiger partial charge in [0.25, 0.3) is 0 Å². The standard InChI is InChI=1S/C22H40N4O3S/c1-5-24(6-2)16-12-15-23-22(27)26(18-17-25(7-3)8-4)19-20-30(28,29)21-13-10-9-11-14-21/h9-11,13-14H,5-8,12,15-20H2,1-4H3,(H,23,27). The SMILES string of the molecule is CCN(CC)CCCNC(=O)N(CCN(CC)CC)CCS(=O)(=O)c1ccccc1. The molecule has 0 saturated heterocycles. The van der Waals surface area contributed by atoms with Crippen molar-refractivity contribution in [3.8, 4) is 0 Å². The molecule has 0 aromatic heterocycles. The summed E-state index contributed by atoms with van der Waals surface area (Å²) in [6.45, 7) is 15.2. The van der Waals surface area contributed by atoms with Gasteiger partial charge in [0, 0.05) is 26.2 Å². The van der Waals surface area contributed by atoms with Crippen molar-refractivity contribution >= 4 is 15.9 Å². The van der Waals surface area contributed by atoms with E-state index in [9.17, 15) is 13.2 Å². The molecule has 172 valence electrons. The number of carbonyl (C=O) groups excluding carboxylic acids is 1. The number of rotatable bonds is 15. The van der Waals surface area contributed by atoms with Gasteiger partial charge in [-0.05, 0) is 51.3 Å². The Morgan fingerprint density at radius 3 is 1.97 bits per heavy atom. The van der Waals surface area contributed by atoms with Crippen molar-refractivity contribution in [2.24, 2.45) is 0 Å². The number of hydrogen-bond donors (Lipinski definition) is 1. The molecule has 8 heteroatoms. The molecule has 0 aliphatic heterocycles. The predicted molar refractivity (Wildman–Crippen MR) is 124 cm³/mol. The van der Waals surface area contributed by atoms with E-state index < -0.39 is 9.84 Å². The third kappa shape index (κ3) is 9.45. The van der Waals surface area contributed by atoms with E-state index in [0.29, 0.717) is 18.0 Å². The maximum absolute atomic E-state index is 12.8. The van der Waals surface area contributed by atoms with Crippen LogP contribution in [0.1, 0.15) is 34.1 Å². The minimum absolute atomic E-state index is 0.0812. The van der Waals surface area contributed by atoms with Crippen LogP contribution >= 0.6 is 0 Å². The lowest BCUT2D eigenvalue weighted by Crippen LogP contribution is -2.46. The minimum atomic E-state index is -3.42. The summed E-state index contributed by atoms with van der Waals surface area (Å²) in [4.78, 5) is 19.2. The smallest absolute Gasteiger partial charge is 0.317 e. The van der Waals surface area contributed by atoms with Crippen molar-refractivity contribution in [1.29, 1.82) is 0 Å². The van der Waals surface area contributed by atoms with Gasteiger partial charge in [-0.25, -0.2) is 13.2 Å². The van der Waals surface area contributed by atoms with Crippen LogP contribution < -0.4 is 5.32 Å². The number of sulfone groups is 1. The molecule has 0 atom stereocenters. The fourth-order valence-electron chi connectivity index (χ4n) is 3.24. The van der Waals surface area contributed by atoms with Gasteiger partial charge in [-0.15, -0.1) is 0 Å². The Morgan fingerprint density at radius 1 is 0.833 bits per heavy atom. The van der Waals surface area contributed by atoms with Crippen LogP contribution in [0.3, 0.4) is 0 Å². The Hall–Kier alpha value is -1.64. The molecule has 30 heavy (non-hydrogen) atoms. The Bertz CT molecular complexity index is 690. The van der Waals surface area contributed by atoms with Gasteiger partial charge in [0.05, 0.1) is 10.6 Å². The summed E-state index contributed by atoms with van der Waals surface area (Å²) < 4.78 is 25.3. The van der Waals surface area contributed by atoms with E-state index in [1.807, 2.05) is 0 Å². The summed E-state index contributed by atoms with van der Waals surface area (Å²) >= 11 is 0. The van der Waals surface area contributed by atoms with Gasteiger partial charge in [0.1, 0.15) is 0 Å². The lowest BCUT2D eigenvalue weighted by molar-refractivity contribution is 0.187. The average Bonchev–Trinajstić information content (AvgIpc) is 2.77. The fraction of sp³-hybridized carbons (Fsp3) is 0.682. The number of nitrogens with zero attached hydrogens (tertiary/aromatic N) is 3. The van der Waals surface area contributed by atoms with Crippen LogP contribution in [0, 0.1) is 0 Å². The first kappa shape index (κ1) is 26.4. The molecule has 1 aromatic carbocycles. The van der Waals surface area contributed by atoms with E-state index in [1.54, 1.807) is 35.2 Å². The third-order valence-corrected chi connectivity index (χ3v) is 7.13. The van der Waals surface area contributed by atoms with Gasteiger partial charge in [0.2, 0.25) is 0 Å². The van der Waals surface area contributed by atoms with Crippen LogP contribution in [0.15, 0.2) is 35.2 Å². The van der Waals surface area contributed by atoms with E-state index in [-0.39, 0.29) is 18.3 Å². The summed E-state index contributed by atoms with van der Waals surface area (Å²) in [6, 6.07) is 8.23. The monoisotopic (exact) mass is 440 g/mol. The van der Waals surface area contributed by atoms with Gasteiger partial charge < -0.3 is 20.0 Å². The van der Waals surface area contributed by atoms with E-state index in [1.165, 1.54) is 0 Å². The van der Waals surface area contributed by atoms with Gasteiger partial charge in [-0.3, -0.25) is 0 Å². The number of benzene rings is 1. The van der Waals surface area contributed by atoms with E-state index >= 15 is 0 Å². The van der Waals surface area contributed by atoms with Crippen molar-refractivity contribution in [3.05, 3.63) is 30.3 Å². The largest absolute Gasteiger partial charge is 0.338 e. The first-order valence-electron chi connectivity index (χ1n) is 11.1. The third-order valence-electron chi connectivity index (χ3n) is 5.42. The highest BCUT2D eigenvalue weighted by Gasteiger charge is 2.20. The summed E-state index contributed by atoms with van der Waals surface area (Å²) in [5, 5.41) is 2.97. The number of carbonyl (C=O) groups is 1. The van der Waals surface area contributed by atoms with Crippen molar-refractivity contribution in [2.75, 3.05) is 64.7 Å². The molecule has 0 aliphatic carbocycles. The molecule has 1 rings (SSSR count). The van der Waals surface area contributed by atoms with Crippen LogP contribution in [-0.2, 0) is 9.84 Å². The van der Waals surface area contributed by atoms with Crippen LogP contribution in [0.4, 0.5) is 4.79 Å². The van der Waals surface area contributed by atoms with Gasteiger partial charge in [0.15, 0.2) is 9.84 Å². The van der Waals surface area contributed by atoms with Crippen LogP contribution in [-0.4, -0.2) is 93.8 Å². The summed E-state index contributed by atoms with van der Waals surface area (Å²) in [6.07, 6.45) is 0.875. The molecule has 2 amide bonds. The number of amides is 2. The highest BCUT2D eigenvalue weighted by atomic mass is 32.2. The molecule has 0 aliphatic rings. The predicted octanol–water partition coefficient (Wildman–Crippen LogP) is 2.55. The second-order valence-electron chi connectivity index (χ2n) is 7.26. The highest BCUT2D eigenvalue weighted by molar-refractivity contribution is 7.91. The zero-order valence-corrected chi connectivity index (χ0v) is 20.0. The minimum Gasteiger partial charge on any atom is -0.338 e. The zero-order chi connectivity index (χ0) is 22.4. The van der Waals surface area contributed by atoms with E-state index in [2.05, 4.69) is 42.8 Å². The summed E-state index contributed by atoms with van der Waals surface area (Å²) in [5.41, 5.74) is 0. The first-order chi connectivity index (χ1) is 14.4. The molecule has 0 saturated carbocycles. The van der Waals surface area contributed by atoms with Crippen molar-refractivity contribution in [2.45, 2.75) is 39.0 Å². The van der Waals surface area contributed by atoms with Gasteiger partial charge in [-0.1, -0.05) is 45.9 Å². The Balaban J connectivity index is 2.67. The molecule has 7 nitrogen and oxygen atoms in total. The van der Waals surface area contributed by atoms with E-state index in [4.69, 9.17) is 0 Å². The number of urea groups is 1. The average molecular weight is 441 g/mol. The second kappa shape index (κ2) is 14.4. The summed E-state index contributed by atoms with van der Waals surface area (Å²) in [5.74, 6) is -0.0812. The van der Waals surface area contributed by atoms with Crippen molar-refractivity contribution in [1.82, 2.24) is 20.0 Å². The molecular formula is C22H40N4O3S. The second-order valence-corrected chi connectivity index (χ2v) is 9.37. The first-order valence-corrected chi connectivity index (χ1v) is 12.8. The quantitative estimate of drug-likeness (QED) is 0.424. The molecule has 0 heterocycles. The van der Waals surface area contributed by atoms with Crippen LogP contribution in [0.25, 0.3) is 0 Å². The van der Waals surface area contributed by atoms with Crippen LogP contribution in [0.2, 0.25) is 0 Å². The molecule has 1 N–H and O–H groups in total. The molecule has 0 spiro atoms. The van der Waals surface area contributed by atoms with Gasteiger partial charge >= 0.3 is 6.03 Å². The Morgan fingerprint density at radius 2 is 1.40 bits per heavy atom. The van der Waals surface area contributed by atoms with E-state index in [0.717, 1.165) is 45.7 Å². The molecule has 0 unspecified atom stereocenters. The fourth-order valence-corrected chi connectivity index (χ4v) is 4.51. The normalized spacial score (nSPS) is 11.8. The Labute approximate surface area is 183 Å². The lowest BCUT2D eigenvalue weighted by Gasteiger charge is -2.27. The molecule has 0 radical (unpaired) electrons. The number of nitrogens with one attached hydrogen (secondary N) is 1. The molecule has 0 bridgehead atoms. The van der Waals surface area contributed by atoms with Crippen LogP contribution in [0.5, 0.6) is 0 Å². The highest BCUT2D eigenvalue weighted by Crippen LogP contribution is 2.10. The Kier molecular flexibility index (Phi) is 12.7. The maximum Gasteiger partial charge on any atom is 0.317 e. The number of likely N-dealkylation sites (N-methyl/N-ethyl adjacent to an activating group) is 1. The van der Waals surface area contributed by atoms with Crippen molar-refractivity contribution in [3.63, 3.8) is 0 Å². The lowest BCUT2D eigenvalue weighted by atomic mass is 10.3. The van der Waals surface area contributed by atoms with Gasteiger partial charge in [-0.2, -0.15) is 0 Å². The van der Waals surface area contributed by atoms with Crippen molar-refractivity contribution < 1.29 is 13.2 Å². The maximum atomic E-state index is 12.8. The zero-order valence-electron chi connectivity index (χ0n) is 19.1.